The summed E-state index contributed by atoms with van der Waals surface area (Å²) < 4.78 is 67.8. The Morgan fingerprint density at radius 2 is 1.88 bits per heavy atom. The standard InChI is InChI=1S/C20H23BF3N5O10S/c1-2-28-6-7-29(17(32)16(28)31)19(35)26-12(9-25-40(37,38)20(22,23)24)15(30)27-13-8-10-4-3-5-11(18(33)34)14(10)39-21(13)36/h3-5,12-13,25,36H,2,6-9H2,1H3,(H,26,35)(H,27,30)(H,33,34)/t12?,13-/m0/s1. The lowest BCUT2D eigenvalue weighted by Crippen LogP contribution is -2.63. The molecule has 1 fully saturated rings. The third-order valence-corrected chi connectivity index (χ3v) is 7.17. The number of likely N-dealkylation sites (N-methyl/N-ethyl adjacent to an activating group) is 1. The van der Waals surface area contributed by atoms with Crippen LogP contribution in [0.3, 0.4) is 0 Å². The van der Waals surface area contributed by atoms with E-state index in [1.165, 1.54) is 18.2 Å². The van der Waals surface area contributed by atoms with Crippen molar-refractivity contribution in [3.05, 3.63) is 29.3 Å². The number of carbonyl (C=O) groups is 5. The summed E-state index contributed by atoms with van der Waals surface area (Å²) in [5.74, 6) is -6.47. The van der Waals surface area contributed by atoms with E-state index < -0.39 is 70.9 Å². The van der Waals surface area contributed by atoms with Crippen LogP contribution >= 0.6 is 0 Å². The first-order chi connectivity index (χ1) is 18.6. The highest BCUT2D eigenvalue weighted by Gasteiger charge is 2.47. The largest absolute Gasteiger partial charge is 0.547 e. The summed E-state index contributed by atoms with van der Waals surface area (Å²) in [4.78, 5) is 63.1. The van der Waals surface area contributed by atoms with Gasteiger partial charge in [0.25, 0.3) is 0 Å². The number of nitrogens with one attached hydrogen (secondary N) is 3. The summed E-state index contributed by atoms with van der Waals surface area (Å²) in [5, 5.41) is 23.8. The van der Waals surface area contributed by atoms with Gasteiger partial charge in [-0.05, 0) is 25.0 Å². The maximum absolute atomic E-state index is 13.0. The number of alkyl halides is 3. The van der Waals surface area contributed by atoms with Gasteiger partial charge in [0.15, 0.2) is 0 Å². The Kier molecular flexibility index (Phi) is 8.95. The number of halogens is 3. The van der Waals surface area contributed by atoms with Crippen LogP contribution in [0.15, 0.2) is 18.2 Å². The summed E-state index contributed by atoms with van der Waals surface area (Å²) in [6.45, 7) is 0.0332. The second kappa shape index (κ2) is 11.7. The normalized spacial score (nSPS) is 18.5. The van der Waals surface area contributed by atoms with Gasteiger partial charge in [-0.2, -0.15) is 13.2 Å². The Bertz CT molecular complexity index is 1330. The van der Waals surface area contributed by atoms with E-state index in [-0.39, 0.29) is 42.9 Å². The van der Waals surface area contributed by atoms with Crippen LogP contribution in [0.4, 0.5) is 18.0 Å². The van der Waals surface area contributed by atoms with Crippen LogP contribution in [0.25, 0.3) is 0 Å². The number of hydrogen-bond acceptors (Lipinski definition) is 9. The topological polar surface area (TPSA) is 212 Å². The van der Waals surface area contributed by atoms with Gasteiger partial charge in [-0.15, -0.1) is 0 Å². The van der Waals surface area contributed by atoms with Crippen molar-refractivity contribution in [3.63, 3.8) is 0 Å². The van der Waals surface area contributed by atoms with Gasteiger partial charge < -0.3 is 30.3 Å². The summed E-state index contributed by atoms with van der Waals surface area (Å²) in [6, 6.07) is 0.570. The summed E-state index contributed by atoms with van der Waals surface area (Å²) in [7, 11) is -7.81. The van der Waals surface area contributed by atoms with Gasteiger partial charge in [0, 0.05) is 26.2 Å². The summed E-state index contributed by atoms with van der Waals surface area (Å²) >= 11 is 0. The lowest BCUT2D eigenvalue weighted by molar-refractivity contribution is -0.153. The average molecular weight is 593 g/mol. The summed E-state index contributed by atoms with van der Waals surface area (Å²) in [6.07, 6.45) is -0.218. The number of hydrogen-bond donors (Lipinski definition) is 5. The maximum Gasteiger partial charge on any atom is 0.547 e. The molecular weight excluding hydrogens is 570 g/mol. The highest BCUT2D eigenvalue weighted by Crippen LogP contribution is 2.30. The Hall–Kier alpha value is -3.91. The Labute approximate surface area is 224 Å². The monoisotopic (exact) mass is 593 g/mol. The molecule has 0 saturated carbocycles. The molecule has 1 aromatic rings. The second-order valence-electron chi connectivity index (χ2n) is 8.57. The lowest BCUT2D eigenvalue weighted by Gasteiger charge is -2.33. The number of benzene rings is 1. The quantitative estimate of drug-likeness (QED) is 0.166. The van der Waals surface area contributed by atoms with Gasteiger partial charge in [-0.1, -0.05) is 12.1 Å². The zero-order chi connectivity index (χ0) is 30.0. The molecule has 2 atom stereocenters. The minimum absolute atomic E-state index is 0.0601. The van der Waals surface area contributed by atoms with Crippen molar-refractivity contribution in [3.8, 4) is 5.75 Å². The molecule has 20 heteroatoms. The van der Waals surface area contributed by atoms with E-state index in [1.807, 2.05) is 5.32 Å². The zero-order valence-corrected chi connectivity index (χ0v) is 21.4. The summed E-state index contributed by atoms with van der Waals surface area (Å²) in [5.41, 5.74) is -5.79. The van der Waals surface area contributed by atoms with Crippen LogP contribution in [0, 0.1) is 0 Å². The number of carboxylic acids is 1. The van der Waals surface area contributed by atoms with Crippen molar-refractivity contribution in [2.24, 2.45) is 0 Å². The molecule has 0 spiro atoms. The van der Waals surface area contributed by atoms with Crippen LogP contribution < -0.4 is 20.0 Å². The molecule has 218 valence electrons. The fourth-order valence-corrected chi connectivity index (χ4v) is 4.43. The van der Waals surface area contributed by atoms with E-state index in [1.54, 1.807) is 6.92 Å². The van der Waals surface area contributed by atoms with Crippen LogP contribution in [0.5, 0.6) is 5.75 Å². The molecule has 2 heterocycles. The number of piperazine rings is 1. The van der Waals surface area contributed by atoms with Crippen LogP contribution in [0.1, 0.15) is 22.8 Å². The zero-order valence-electron chi connectivity index (χ0n) is 20.6. The van der Waals surface area contributed by atoms with E-state index in [4.69, 9.17) is 4.65 Å². The number of carbonyl (C=O) groups excluding carboxylic acids is 4. The molecule has 1 aromatic carbocycles. The number of urea groups is 1. The molecule has 2 aliphatic rings. The average Bonchev–Trinajstić information content (AvgIpc) is 2.87. The lowest BCUT2D eigenvalue weighted by atomic mass is 9.72. The van der Waals surface area contributed by atoms with Gasteiger partial charge in [0.05, 0.1) is 11.5 Å². The van der Waals surface area contributed by atoms with Crippen LogP contribution in [0.2, 0.25) is 0 Å². The molecule has 15 nitrogen and oxygen atoms in total. The molecule has 2 aliphatic heterocycles. The fraction of sp³-hybridized carbons (Fsp3) is 0.450. The highest BCUT2D eigenvalue weighted by molar-refractivity contribution is 7.90. The maximum atomic E-state index is 13.0. The smallest absolute Gasteiger partial charge is 0.534 e. The van der Waals surface area contributed by atoms with Crippen LogP contribution in [-0.2, 0) is 30.8 Å². The molecule has 5 N–H and O–H groups in total. The van der Waals surface area contributed by atoms with Gasteiger partial charge in [-0.3, -0.25) is 19.3 Å². The predicted octanol–water partition coefficient (Wildman–Crippen LogP) is -1.97. The van der Waals surface area contributed by atoms with Crippen LogP contribution in [-0.4, -0.2) is 109 Å². The van der Waals surface area contributed by atoms with Crippen molar-refractivity contribution in [2.45, 2.75) is 30.8 Å². The first-order valence-electron chi connectivity index (χ1n) is 11.5. The van der Waals surface area contributed by atoms with Crippen molar-refractivity contribution in [1.82, 2.24) is 25.2 Å². The highest BCUT2D eigenvalue weighted by atomic mass is 32.2. The van der Waals surface area contributed by atoms with E-state index in [9.17, 15) is 55.7 Å². The first kappa shape index (κ1) is 30.6. The third kappa shape index (κ3) is 6.45. The molecule has 3 rings (SSSR count). The molecule has 0 radical (unpaired) electrons. The van der Waals surface area contributed by atoms with E-state index >= 15 is 0 Å². The number of rotatable bonds is 8. The Balaban J connectivity index is 1.80. The van der Waals surface area contributed by atoms with Crippen molar-refractivity contribution in [2.75, 3.05) is 26.2 Å². The number of aromatic carboxylic acids is 1. The van der Waals surface area contributed by atoms with Crippen molar-refractivity contribution in [1.29, 1.82) is 0 Å². The third-order valence-electron chi connectivity index (χ3n) is 6.01. The number of imide groups is 1. The molecule has 0 bridgehead atoms. The van der Waals surface area contributed by atoms with Gasteiger partial charge in [0.2, 0.25) is 5.91 Å². The number of sulfonamides is 1. The molecular formula is C20H23BF3N5O10S. The van der Waals surface area contributed by atoms with E-state index in [0.717, 1.165) is 9.62 Å². The molecule has 1 saturated heterocycles. The van der Waals surface area contributed by atoms with Crippen molar-refractivity contribution >= 4 is 46.9 Å². The van der Waals surface area contributed by atoms with Gasteiger partial charge >= 0.3 is 46.5 Å². The van der Waals surface area contributed by atoms with Gasteiger partial charge in [0.1, 0.15) is 11.8 Å². The first-order valence-corrected chi connectivity index (χ1v) is 13.0. The Morgan fingerprint density at radius 1 is 1.20 bits per heavy atom. The molecule has 1 unspecified atom stereocenters. The Morgan fingerprint density at radius 3 is 2.48 bits per heavy atom. The minimum atomic E-state index is -5.97. The minimum Gasteiger partial charge on any atom is -0.534 e. The number of fused-ring (bicyclic) bond motifs is 1. The number of nitrogens with zero attached hydrogens (tertiary/aromatic N) is 2. The SMILES string of the molecule is CCN1CCN(C(=O)NC(CNS(=O)(=O)C(F)(F)F)C(=O)N[C@H]2Cc3cccc(C(=O)O)c3OB2O)C(=O)C1=O. The van der Waals surface area contributed by atoms with Crippen molar-refractivity contribution < 1.29 is 60.3 Å². The van der Waals surface area contributed by atoms with E-state index in [2.05, 4.69) is 5.32 Å². The fourth-order valence-electron chi connectivity index (χ4n) is 3.88. The van der Waals surface area contributed by atoms with E-state index in [0.29, 0.717) is 4.90 Å². The molecule has 0 aromatic heterocycles. The van der Waals surface area contributed by atoms with Gasteiger partial charge in [-0.25, -0.2) is 22.7 Å². The second-order valence-corrected chi connectivity index (χ2v) is 10.3. The molecule has 40 heavy (non-hydrogen) atoms. The predicted molar refractivity (Wildman–Crippen MR) is 127 cm³/mol. The molecule has 0 aliphatic carbocycles. The molecule has 5 amide bonds. The number of para-hydroxylation sites is 1. The number of amides is 5. The number of carboxylic acid groups (broad SMARTS) is 1.